The van der Waals surface area contributed by atoms with E-state index in [2.05, 4.69) is 43.3 Å². The summed E-state index contributed by atoms with van der Waals surface area (Å²) in [7, 11) is 0. The summed E-state index contributed by atoms with van der Waals surface area (Å²) in [6, 6.07) is 2.04. The summed E-state index contributed by atoms with van der Waals surface area (Å²) in [5, 5.41) is 6.96. The number of nitrogens with zero attached hydrogens (tertiary/aromatic N) is 2. The molecule has 20 heavy (non-hydrogen) atoms. The quantitative estimate of drug-likeness (QED) is 0.847. The maximum atomic E-state index is 4.69. The van der Waals surface area contributed by atoms with Crippen molar-refractivity contribution in [3.05, 3.63) is 11.9 Å². The van der Waals surface area contributed by atoms with E-state index in [0.29, 0.717) is 5.92 Å². The van der Waals surface area contributed by atoms with Gasteiger partial charge in [-0.15, -0.1) is 0 Å². The van der Waals surface area contributed by atoms with Crippen LogP contribution in [0, 0.1) is 0 Å². The summed E-state index contributed by atoms with van der Waals surface area (Å²) in [6.07, 6.45) is 6.44. The molecule has 0 unspecified atom stereocenters. The Hall–Kier alpha value is -1.32. The van der Waals surface area contributed by atoms with Crippen LogP contribution in [0.1, 0.15) is 71.5 Å². The summed E-state index contributed by atoms with van der Waals surface area (Å²) in [5.41, 5.74) is 0.185. The fourth-order valence-corrected chi connectivity index (χ4v) is 2.83. The summed E-state index contributed by atoms with van der Waals surface area (Å²) in [5.74, 6) is 3.14. The van der Waals surface area contributed by atoms with Gasteiger partial charge in [-0.3, -0.25) is 0 Å². The van der Waals surface area contributed by atoms with Crippen LogP contribution in [0.5, 0.6) is 0 Å². The lowest BCUT2D eigenvalue weighted by atomic mass is 9.83. The molecule has 1 fully saturated rings. The van der Waals surface area contributed by atoms with Crippen molar-refractivity contribution in [1.82, 2.24) is 9.97 Å². The average Bonchev–Trinajstić information content (AvgIpc) is 2.39. The second-order valence-electron chi connectivity index (χ2n) is 6.43. The first-order valence-electron chi connectivity index (χ1n) is 7.93. The predicted molar refractivity (Wildman–Crippen MR) is 85.4 cm³/mol. The first kappa shape index (κ1) is 15.1. The molecule has 1 heterocycles. The van der Waals surface area contributed by atoms with Gasteiger partial charge in [-0.2, -0.15) is 0 Å². The molecule has 2 rings (SSSR count). The summed E-state index contributed by atoms with van der Waals surface area (Å²) >= 11 is 0. The molecule has 0 bridgehead atoms. The first-order valence-corrected chi connectivity index (χ1v) is 7.93. The molecule has 112 valence electrons. The second kappa shape index (κ2) is 6.42. The third kappa shape index (κ3) is 3.84. The number of hydrogen-bond donors (Lipinski definition) is 2. The fraction of sp³-hybridized carbons (Fsp3) is 0.750. The van der Waals surface area contributed by atoms with Gasteiger partial charge in [0.1, 0.15) is 17.5 Å². The lowest BCUT2D eigenvalue weighted by Gasteiger charge is -2.35. The molecule has 0 aromatic carbocycles. The molecule has 0 aliphatic heterocycles. The summed E-state index contributed by atoms with van der Waals surface area (Å²) in [4.78, 5) is 9.27. The van der Waals surface area contributed by atoms with Crippen molar-refractivity contribution in [3.63, 3.8) is 0 Å². The van der Waals surface area contributed by atoms with Gasteiger partial charge in [-0.1, -0.05) is 33.1 Å². The molecule has 0 amide bonds. The Kier molecular flexibility index (Phi) is 4.84. The van der Waals surface area contributed by atoms with Crippen LogP contribution in [0.15, 0.2) is 6.07 Å². The number of aromatic nitrogens is 2. The van der Waals surface area contributed by atoms with E-state index in [-0.39, 0.29) is 5.54 Å². The van der Waals surface area contributed by atoms with Gasteiger partial charge in [0.05, 0.1) is 0 Å². The molecule has 0 atom stereocenters. The van der Waals surface area contributed by atoms with Crippen LogP contribution < -0.4 is 10.6 Å². The van der Waals surface area contributed by atoms with Gasteiger partial charge in [0, 0.05) is 24.1 Å². The van der Waals surface area contributed by atoms with E-state index in [1.807, 2.05) is 6.07 Å². The number of hydrogen-bond acceptors (Lipinski definition) is 4. The van der Waals surface area contributed by atoms with Crippen LogP contribution in [0.2, 0.25) is 0 Å². The molecule has 1 aliphatic carbocycles. The Morgan fingerprint density at radius 2 is 1.80 bits per heavy atom. The third-order valence-electron chi connectivity index (χ3n) is 4.00. The SMILES string of the molecule is CCNc1cc(NC2(C)CCCCC2)nc(C(C)C)n1. The molecular weight excluding hydrogens is 248 g/mol. The first-order chi connectivity index (χ1) is 9.52. The van der Waals surface area contributed by atoms with Crippen molar-refractivity contribution in [2.75, 3.05) is 17.2 Å². The molecule has 4 nitrogen and oxygen atoms in total. The van der Waals surface area contributed by atoms with E-state index in [4.69, 9.17) is 4.98 Å². The van der Waals surface area contributed by atoms with E-state index in [0.717, 1.165) is 24.0 Å². The molecular formula is C16H28N4. The van der Waals surface area contributed by atoms with Gasteiger partial charge in [-0.05, 0) is 26.7 Å². The molecule has 0 spiro atoms. The van der Waals surface area contributed by atoms with Crippen molar-refractivity contribution < 1.29 is 0 Å². The van der Waals surface area contributed by atoms with Crippen LogP contribution in [-0.4, -0.2) is 22.1 Å². The van der Waals surface area contributed by atoms with Gasteiger partial charge in [0.2, 0.25) is 0 Å². The Morgan fingerprint density at radius 3 is 2.40 bits per heavy atom. The van der Waals surface area contributed by atoms with E-state index in [1.165, 1.54) is 32.1 Å². The van der Waals surface area contributed by atoms with Crippen molar-refractivity contribution in [2.24, 2.45) is 0 Å². The topological polar surface area (TPSA) is 49.8 Å². The smallest absolute Gasteiger partial charge is 0.135 e. The zero-order valence-electron chi connectivity index (χ0n) is 13.3. The predicted octanol–water partition coefficient (Wildman–Crippen LogP) is 4.17. The zero-order chi connectivity index (χ0) is 14.6. The maximum absolute atomic E-state index is 4.69. The highest BCUT2D eigenvalue weighted by Crippen LogP contribution is 2.31. The van der Waals surface area contributed by atoms with Gasteiger partial charge < -0.3 is 10.6 Å². The molecule has 4 heteroatoms. The maximum Gasteiger partial charge on any atom is 0.135 e. The lowest BCUT2D eigenvalue weighted by molar-refractivity contribution is 0.348. The van der Waals surface area contributed by atoms with Crippen molar-refractivity contribution in [2.45, 2.75) is 71.3 Å². The molecule has 2 N–H and O–H groups in total. The van der Waals surface area contributed by atoms with E-state index in [1.54, 1.807) is 0 Å². The van der Waals surface area contributed by atoms with Crippen LogP contribution >= 0.6 is 0 Å². The highest BCUT2D eigenvalue weighted by molar-refractivity contribution is 5.49. The highest BCUT2D eigenvalue weighted by atomic mass is 15.1. The van der Waals surface area contributed by atoms with Crippen LogP contribution in [0.3, 0.4) is 0 Å². The monoisotopic (exact) mass is 276 g/mol. The van der Waals surface area contributed by atoms with E-state index in [9.17, 15) is 0 Å². The number of rotatable bonds is 5. The third-order valence-corrected chi connectivity index (χ3v) is 4.00. The Labute approximate surface area is 122 Å². The summed E-state index contributed by atoms with van der Waals surface area (Å²) < 4.78 is 0. The minimum atomic E-state index is 0.185. The fourth-order valence-electron chi connectivity index (χ4n) is 2.83. The van der Waals surface area contributed by atoms with Crippen molar-refractivity contribution in [1.29, 1.82) is 0 Å². The number of nitrogens with one attached hydrogen (secondary N) is 2. The average molecular weight is 276 g/mol. The molecule has 1 aromatic heterocycles. The van der Waals surface area contributed by atoms with Gasteiger partial charge in [0.25, 0.3) is 0 Å². The molecule has 1 saturated carbocycles. The lowest BCUT2D eigenvalue weighted by Crippen LogP contribution is -2.37. The van der Waals surface area contributed by atoms with Crippen LogP contribution in [0.25, 0.3) is 0 Å². The van der Waals surface area contributed by atoms with E-state index >= 15 is 0 Å². The Bertz CT molecular complexity index is 436. The highest BCUT2D eigenvalue weighted by Gasteiger charge is 2.27. The zero-order valence-corrected chi connectivity index (χ0v) is 13.3. The minimum absolute atomic E-state index is 0.185. The van der Waals surface area contributed by atoms with Crippen LogP contribution in [0.4, 0.5) is 11.6 Å². The van der Waals surface area contributed by atoms with E-state index < -0.39 is 0 Å². The standard InChI is InChI=1S/C16H28N4/c1-5-17-13-11-14(19-15(18-13)12(2)3)20-16(4)9-7-6-8-10-16/h11-12H,5-10H2,1-4H3,(H2,17,18,19,20). The molecule has 0 saturated heterocycles. The largest absolute Gasteiger partial charge is 0.370 e. The normalized spacial score (nSPS) is 18.1. The number of anilines is 2. The van der Waals surface area contributed by atoms with Gasteiger partial charge >= 0.3 is 0 Å². The van der Waals surface area contributed by atoms with Crippen molar-refractivity contribution >= 4 is 11.6 Å². The van der Waals surface area contributed by atoms with Gasteiger partial charge in [-0.25, -0.2) is 9.97 Å². The van der Waals surface area contributed by atoms with Gasteiger partial charge in [0.15, 0.2) is 0 Å². The minimum Gasteiger partial charge on any atom is -0.370 e. The molecule has 1 aliphatic rings. The van der Waals surface area contributed by atoms with Crippen LogP contribution in [-0.2, 0) is 0 Å². The molecule has 1 aromatic rings. The Balaban J connectivity index is 2.20. The van der Waals surface area contributed by atoms with Crippen molar-refractivity contribution in [3.8, 4) is 0 Å². The molecule has 0 radical (unpaired) electrons. The summed E-state index contributed by atoms with van der Waals surface area (Å²) in [6.45, 7) is 9.56. The Morgan fingerprint density at radius 1 is 1.15 bits per heavy atom. The second-order valence-corrected chi connectivity index (χ2v) is 6.43.